The molecule has 0 spiro atoms. The summed E-state index contributed by atoms with van der Waals surface area (Å²) in [5.74, 6) is -3.28. The van der Waals surface area contributed by atoms with Gasteiger partial charge in [-0.15, -0.1) is 0 Å². The van der Waals surface area contributed by atoms with E-state index in [9.17, 15) is 60.0 Å². The lowest BCUT2D eigenvalue weighted by atomic mass is 9.80. The summed E-state index contributed by atoms with van der Waals surface area (Å²) in [4.78, 5) is 0. The van der Waals surface area contributed by atoms with Gasteiger partial charge in [0, 0.05) is 36.5 Å². The molecule has 22 atom stereocenters. The fourth-order valence-corrected chi connectivity index (χ4v) is 18.8. The Morgan fingerprint density at radius 2 is 1.03 bits per heavy atom. The Hall–Kier alpha value is -1.96. The highest BCUT2D eigenvalue weighted by atomic mass is 32.2. The monoisotopic (exact) mass is 946 g/mol. The summed E-state index contributed by atoms with van der Waals surface area (Å²) in [6.45, 7) is 6.95. The maximum Gasteiger partial charge on any atom is 0.413 e. The second-order valence-corrected chi connectivity index (χ2v) is 24.4. The number of hydrogen-bond donors (Lipinski definition) is 0. The van der Waals surface area contributed by atoms with Crippen LogP contribution >= 0.6 is 0 Å². The summed E-state index contributed by atoms with van der Waals surface area (Å²) < 4.78 is 206. The van der Waals surface area contributed by atoms with Gasteiger partial charge < -0.3 is 18.9 Å². The molecular formula is C32H36F6N2O16S4. The van der Waals surface area contributed by atoms with Crippen molar-refractivity contribution in [3.05, 3.63) is 0 Å². The molecule has 0 radical (unpaired) electrons. The molecule has 22 unspecified atom stereocenters. The van der Waals surface area contributed by atoms with Crippen LogP contribution in [0.3, 0.4) is 0 Å². The molecule has 0 N–H and O–H groups in total. The molecule has 12 fully saturated rings. The lowest BCUT2D eigenvalue weighted by Crippen LogP contribution is -2.56. The normalized spacial score (nSPS) is 55.3. The van der Waals surface area contributed by atoms with Crippen molar-refractivity contribution in [1.29, 1.82) is 10.5 Å². The maximum absolute atomic E-state index is 13.0. The largest absolute Gasteiger partial charge is 0.413 e. The van der Waals surface area contributed by atoms with Crippen LogP contribution in [0.2, 0.25) is 0 Å². The van der Waals surface area contributed by atoms with Crippen molar-refractivity contribution >= 4 is 40.5 Å². The molecule has 0 aromatic carbocycles. The van der Waals surface area contributed by atoms with Crippen LogP contribution in [0.15, 0.2) is 0 Å². The molecular weight excluding hydrogens is 911 g/mol. The number of ether oxygens (including phenoxy) is 4. The zero-order chi connectivity index (χ0) is 44.0. The number of rotatable bonds is 0. The molecule has 12 aliphatic heterocycles. The van der Waals surface area contributed by atoms with E-state index < -0.39 is 152 Å². The van der Waals surface area contributed by atoms with E-state index in [0.29, 0.717) is 0 Å². The first kappa shape index (κ1) is 43.3. The van der Waals surface area contributed by atoms with Crippen LogP contribution in [0.4, 0.5) is 26.3 Å². The van der Waals surface area contributed by atoms with Crippen LogP contribution in [-0.2, 0) is 76.2 Å². The smallest absolute Gasteiger partial charge is 0.370 e. The molecule has 12 saturated heterocycles. The standard InChI is InChI=1S/2C8H9F3O4S.2C8H9NO4S/c1-3-4-2-7(8(9,10)11)6(14-4)5(3)15-16(7,12)13;1-2-4-3(8(9,10)11)7-6(14-4)5(2)15-16(7,12)13;1-4-5-2-8(3-9)7(12-5)6(4)13-14(8,10)11;1-3-5-4(2-9)8-7(12-5)6(3)13-14(8,10)11/h3-6H,2H2,1H3;2-7H,1H3;4-7H,2H2,1H3;3-8H,1H3. The predicted molar refractivity (Wildman–Crippen MR) is 179 cm³/mol. The van der Waals surface area contributed by atoms with E-state index >= 15 is 0 Å². The van der Waals surface area contributed by atoms with Gasteiger partial charge in [0.05, 0.1) is 42.5 Å². The van der Waals surface area contributed by atoms with Gasteiger partial charge in [-0.2, -0.15) is 70.5 Å². The lowest BCUT2D eigenvalue weighted by Gasteiger charge is -2.29. The van der Waals surface area contributed by atoms with Crippen LogP contribution in [0.25, 0.3) is 0 Å². The first-order valence-corrected chi connectivity index (χ1v) is 24.5. The van der Waals surface area contributed by atoms with E-state index in [4.69, 9.17) is 42.0 Å². The number of fused-ring (bicyclic) bond motifs is 4. The minimum atomic E-state index is -4.85. The minimum Gasteiger partial charge on any atom is -0.370 e. The Labute approximate surface area is 339 Å². The third-order valence-corrected chi connectivity index (χ3v) is 21.8. The highest BCUT2D eigenvalue weighted by molar-refractivity contribution is 7.89. The quantitative estimate of drug-likeness (QED) is 0.242. The molecule has 12 heterocycles. The average Bonchev–Trinajstić information content (AvgIpc) is 3.99. The minimum absolute atomic E-state index is 0.00169. The topological polar surface area (TPSA) is 258 Å². The number of hydrogen-bond acceptors (Lipinski definition) is 18. The Kier molecular flexibility index (Phi) is 9.28. The van der Waals surface area contributed by atoms with Gasteiger partial charge >= 0.3 is 12.4 Å². The SMILES string of the molecule is CC1C2CC3(C#N)C(O2)C1OS3(=O)=O.CC1C2CC3(C(F)(F)F)C(O2)C1OS3(=O)=O.CC1C2OC3C1OS(=O)(=O)C3C2C#N.CC1C2OS(=O)(=O)C3C2OC1C3C(F)(F)F. The number of halogens is 6. The van der Waals surface area contributed by atoms with Crippen molar-refractivity contribution in [2.24, 2.45) is 35.5 Å². The van der Waals surface area contributed by atoms with Crippen LogP contribution in [0, 0.1) is 58.2 Å². The van der Waals surface area contributed by atoms with Crippen molar-refractivity contribution in [3.63, 3.8) is 0 Å². The molecule has 0 aliphatic carbocycles. The fraction of sp³-hybridized carbons (Fsp3) is 0.938. The Bertz CT molecular complexity index is 2410. The van der Waals surface area contributed by atoms with Crippen molar-refractivity contribution in [1.82, 2.24) is 0 Å². The molecule has 0 amide bonds. The van der Waals surface area contributed by atoms with Crippen LogP contribution in [0.5, 0.6) is 0 Å². The zero-order valence-corrected chi connectivity index (χ0v) is 34.6. The molecule has 12 aliphatic rings. The summed E-state index contributed by atoms with van der Waals surface area (Å²) in [5, 5.41) is 15.6. The second kappa shape index (κ2) is 12.9. The molecule has 0 aromatic heterocycles. The van der Waals surface area contributed by atoms with E-state index in [1.54, 1.807) is 6.92 Å². The van der Waals surface area contributed by atoms with Crippen LogP contribution in [0.1, 0.15) is 40.5 Å². The molecule has 0 saturated carbocycles. The first-order chi connectivity index (χ1) is 27.5. The summed E-state index contributed by atoms with van der Waals surface area (Å²) in [6, 6.07) is 3.90. The zero-order valence-electron chi connectivity index (χ0n) is 31.3. The highest BCUT2D eigenvalue weighted by Gasteiger charge is 2.83. The molecule has 28 heteroatoms. The maximum atomic E-state index is 13.0. The molecule has 8 bridgehead atoms. The van der Waals surface area contributed by atoms with E-state index in [0.717, 1.165) is 0 Å². The van der Waals surface area contributed by atoms with E-state index in [1.165, 1.54) is 6.92 Å². The Balaban J connectivity index is 0.000000103. The van der Waals surface area contributed by atoms with Crippen molar-refractivity contribution in [2.75, 3.05) is 0 Å². The van der Waals surface area contributed by atoms with Crippen molar-refractivity contribution < 1.29 is 95.7 Å². The molecule has 18 nitrogen and oxygen atoms in total. The van der Waals surface area contributed by atoms with Gasteiger partial charge in [0.2, 0.25) is 9.49 Å². The van der Waals surface area contributed by atoms with Crippen molar-refractivity contribution in [2.45, 2.75) is 146 Å². The van der Waals surface area contributed by atoms with Crippen molar-refractivity contribution in [3.8, 4) is 12.1 Å². The molecule has 12 rings (SSSR count). The highest BCUT2D eigenvalue weighted by Crippen LogP contribution is 2.62. The number of nitrogens with zero attached hydrogens (tertiary/aromatic N) is 2. The molecule has 336 valence electrons. The summed E-state index contributed by atoms with van der Waals surface area (Å²) in [6.07, 6.45) is -17.7. The van der Waals surface area contributed by atoms with Gasteiger partial charge in [-0.1, -0.05) is 27.7 Å². The predicted octanol–water partition coefficient (Wildman–Crippen LogP) is 0.928. The fourth-order valence-electron chi connectivity index (χ4n) is 11.4. The van der Waals surface area contributed by atoms with Gasteiger partial charge in [0.1, 0.15) is 65.2 Å². The number of nitriles is 2. The number of alkyl halides is 6. The van der Waals surface area contributed by atoms with Gasteiger partial charge in [-0.05, 0) is 0 Å². The first-order valence-electron chi connectivity index (χ1n) is 18.8. The van der Waals surface area contributed by atoms with Gasteiger partial charge in [-0.3, -0.25) is 16.7 Å². The van der Waals surface area contributed by atoms with Crippen LogP contribution in [-0.4, -0.2) is 139 Å². The molecule has 0 aromatic rings. The van der Waals surface area contributed by atoms with Gasteiger partial charge in [-0.25, -0.2) is 0 Å². The third-order valence-electron chi connectivity index (χ3n) is 14.5. The van der Waals surface area contributed by atoms with Gasteiger partial charge in [0.15, 0.2) is 0 Å². The Morgan fingerprint density at radius 1 is 0.550 bits per heavy atom. The molecule has 60 heavy (non-hydrogen) atoms. The summed E-state index contributed by atoms with van der Waals surface area (Å²) in [7, 11) is -16.1. The van der Waals surface area contributed by atoms with E-state index in [-0.39, 0.29) is 42.5 Å². The second-order valence-electron chi connectivity index (χ2n) is 17.3. The van der Waals surface area contributed by atoms with Crippen LogP contribution < -0.4 is 0 Å². The Morgan fingerprint density at radius 3 is 1.55 bits per heavy atom. The average molecular weight is 947 g/mol. The van der Waals surface area contributed by atoms with Gasteiger partial charge in [0.25, 0.3) is 40.5 Å². The third kappa shape index (κ3) is 5.36. The summed E-state index contributed by atoms with van der Waals surface area (Å²) >= 11 is 0. The lowest BCUT2D eigenvalue weighted by molar-refractivity contribution is -0.189. The van der Waals surface area contributed by atoms with E-state index in [1.807, 2.05) is 26.0 Å². The summed E-state index contributed by atoms with van der Waals surface area (Å²) in [5.41, 5.74) is 0. The van der Waals surface area contributed by atoms with E-state index in [2.05, 4.69) is 4.18 Å².